The van der Waals surface area contributed by atoms with E-state index in [1.54, 1.807) is 18.3 Å². The van der Waals surface area contributed by atoms with Crippen LogP contribution in [0.25, 0.3) is 10.9 Å². The van der Waals surface area contributed by atoms with Crippen molar-refractivity contribution in [3.05, 3.63) is 60.3 Å². The van der Waals surface area contributed by atoms with Gasteiger partial charge in [0, 0.05) is 23.3 Å². The van der Waals surface area contributed by atoms with Crippen LogP contribution in [0.4, 0.5) is 25.8 Å². The predicted octanol–water partition coefficient (Wildman–Crippen LogP) is 3.84. The summed E-state index contributed by atoms with van der Waals surface area (Å²) >= 11 is 0. The third-order valence-corrected chi connectivity index (χ3v) is 3.03. The molecule has 0 unspecified atom stereocenters. The number of nitrogens with two attached hydrogens (primary N) is 1. The summed E-state index contributed by atoms with van der Waals surface area (Å²) in [5.74, 6) is -1.79. The molecular formula is C15H11F2N3. The molecule has 0 saturated heterocycles. The van der Waals surface area contributed by atoms with Gasteiger partial charge >= 0.3 is 0 Å². The van der Waals surface area contributed by atoms with Crippen molar-refractivity contribution in [1.29, 1.82) is 0 Å². The molecule has 0 bridgehead atoms. The second kappa shape index (κ2) is 4.77. The van der Waals surface area contributed by atoms with E-state index >= 15 is 0 Å². The number of nitrogen functional groups attached to an aromatic ring is 1. The minimum atomic E-state index is -0.906. The Morgan fingerprint density at radius 2 is 1.85 bits per heavy atom. The summed E-state index contributed by atoms with van der Waals surface area (Å²) in [6.07, 6.45) is 1.68. The second-order valence-electron chi connectivity index (χ2n) is 4.35. The highest BCUT2D eigenvalue weighted by molar-refractivity contribution is 5.97. The van der Waals surface area contributed by atoms with E-state index in [9.17, 15) is 8.78 Å². The van der Waals surface area contributed by atoms with Crippen molar-refractivity contribution in [1.82, 2.24) is 4.98 Å². The van der Waals surface area contributed by atoms with Crippen molar-refractivity contribution in [3.8, 4) is 0 Å². The molecule has 0 radical (unpaired) electrons. The van der Waals surface area contributed by atoms with Gasteiger partial charge in [0.1, 0.15) is 0 Å². The van der Waals surface area contributed by atoms with Crippen LogP contribution in [0.15, 0.2) is 48.7 Å². The summed E-state index contributed by atoms with van der Waals surface area (Å²) in [6, 6.07) is 10.8. The van der Waals surface area contributed by atoms with E-state index in [0.29, 0.717) is 17.1 Å². The molecule has 5 heteroatoms. The van der Waals surface area contributed by atoms with Crippen LogP contribution in [-0.2, 0) is 0 Å². The Bertz CT molecular complexity index is 787. The number of aromatic nitrogens is 1. The first-order valence-electron chi connectivity index (χ1n) is 6.00. The lowest BCUT2D eigenvalue weighted by Gasteiger charge is -2.11. The number of anilines is 3. The molecule has 0 aliphatic rings. The van der Waals surface area contributed by atoms with E-state index in [4.69, 9.17) is 5.73 Å². The minimum absolute atomic E-state index is 0.429. The zero-order valence-corrected chi connectivity index (χ0v) is 10.4. The summed E-state index contributed by atoms with van der Waals surface area (Å²) in [5, 5.41) is 3.78. The zero-order chi connectivity index (χ0) is 14.1. The second-order valence-corrected chi connectivity index (χ2v) is 4.35. The molecule has 3 N–H and O–H groups in total. The number of halogens is 2. The third-order valence-electron chi connectivity index (χ3n) is 3.03. The molecule has 0 fully saturated rings. The Balaban J connectivity index is 2.02. The Labute approximate surface area is 114 Å². The molecule has 0 spiro atoms. The van der Waals surface area contributed by atoms with Gasteiger partial charge in [0.2, 0.25) is 0 Å². The van der Waals surface area contributed by atoms with Crippen molar-refractivity contribution < 1.29 is 8.78 Å². The van der Waals surface area contributed by atoms with Crippen LogP contribution in [0.3, 0.4) is 0 Å². The van der Waals surface area contributed by atoms with Crippen LogP contribution >= 0.6 is 0 Å². The van der Waals surface area contributed by atoms with Crippen molar-refractivity contribution >= 4 is 28.0 Å². The average Bonchev–Trinajstić information content (AvgIpc) is 2.46. The molecule has 3 nitrogen and oxygen atoms in total. The van der Waals surface area contributed by atoms with Crippen molar-refractivity contribution in [2.24, 2.45) is 0 Å². The predicted molar refractivity (Wildman–Crippen MR) is 75.8 cm³/mol. The van der Waals surface area contributed by atoms with Gasteiger partial charge in [0.15, 0.2) is 11.6 Å². The van der Waals surface area contributed by atoms with E-state index in [2.05, 4.69) is 10.3 Å². The molecule has 0 aliphatic heterocycles. The van der Waals surface area contributed by atoms with Crippen LogP contribution in [0, 0.1) is 11.6 Å². The third kappa shape index (κ3) is 2.14. The summed E-state index contributed by atoms with van der Waals surface area (Å²) in [4.78, 5) is 4.20. The lowest BCUT2D eigenvalue weighted by atomic mass is 10.1. The van der Waals surface area contributed by atoms with Gasteiger partial charge < -0.3 is 11.1 Å². The van der Waals surface area contributed by atoms with E-state index in [1.807, 2.05) is 12.1 Å². The zero-order valence-electron chi connectivity index (χ0n) is 10.4. The molecule has 2 aromatic carbocycles. The average molecular weight is 271 g/mol. The fraction of sp³-hybridized carbons (Fsp3) is 0. The first kappa shape index (κ1) is 12.3. The quantitative estimate of drug-likeness (QED) is 0.696. The summed E-state index contributed by atoms with van der Waals surface area (Å²) in [6.45, 7) is 0. The topological polar surface area (TPSA) is 50.9 Å². The van der Waals surface area contributed by atoms with Gasteiger partial charge in [-0.15, -0.1) is 0 Å². The van der Waals surface area contributed by atoms with Crippen LogP contribution in [0.1, 0.15) is 0 Å². The summed E-state index contributed by atoms with van der Waals surface area (Å²) < 4.78 is 26.1. The monoisotopic (exact) mass is 271 g/mol. The van der Waals surface area contributed by atoms with Crippen LogP contribution < -0.4 is 11.1 Å². The Morgan fingerprint density at radius 1 is 1.00 bits per heavy atom. The van der Waals surface area contributed by atoms with E-state index in [0.717, 1.165) is 23.0 Å². The molecular weight excluding hydrogens is 260 g/mol. The standard InChI is InChI=1S/C15H11F2N3/c16-11-4-3-9(8-12(11)17)20-14-6-5-13-10(15(14)18)2-1-7-19-13/h1-8,20H,18H2. The fourth-order valence-corrected chi connectivity index (χ4v) is 2.01. The Hall–Kier alpha value is -2.69. The first-order valence-corrected chi connectivity index (χ1v) is 6.00. The van der Waals surface area contributed by atoms with Gasteiger partial charge in [-0.1, -0.05) is 0 Å². The molecule has 20 heavy (non-hydrogen) atoms. The Kier molecular flexibility index (Phi) is 2.95. The maximum absolute atomic E-state index is 13.2. The van der Waals surface area contributed by atoms with Crippen molar-refractivity contribution in [3.63, 3.8) is 0 Å². The van der Waals surface area contributed by atoms with Crippen molar-refractivity contribution in [2.75, 3.05) is 11.1 Å². The molecule has 0 atom stereocenters. The van der Waals surface area contributed by atoms with Gasteiger partial charge in [-0.05, 0) is 36.4 Å². The summed E-state index contributed by atoms with van der Waals surface area (Å²) in [7, 11) is 0. The maximum Gasteiger partial charge on any atom is 0.160 e. The molecule has 0 amide bonds. The molecule has 0 aliphatic carbocycles. The smallest absolute Gasteiger partial charge is 0.160 e. The van der Waals surface area contributed by atoms with Gasteiger partial charge in [0.25, 0.3) is 0 Å². The molecule has 3 rings (SSSR count). The maximum atomic E-state index is 13.2. The first-order chi connectivity index (χ1) is 9.65. The number of hydrogen-bond acceptors (Lipinski definition) is 3. The van der Waals surface area contributed by atoms with Crippen LogP contribution in [0.5, 0.6) is 0 Å². The largest absolute Gasteiger partial charge is 0.396 e. The number of hydrogen-bond donors (Lipinski definition) is 2. The number of nitrogens with one attached hydrogen (secondary N) is 1. The lowest BCUT2D eigenvalue weighted by molar-refractivity contribution is 0.509. The molecule has 1 heterocycles. The number of pyridine rings is 1. The lowest BCUT2D eigenvalue weighted by Crippen LogP contribution is -1.98. The number of benzene rings is 2. The van der Waals surface area contributed by atoms with Crippen LogP contribution in [0.2, 0.25) is 0 Å². The van der Waals surface area contributed by atoms with E-state index < -0.39 is 11.6 Å². The number of fused-ring (bicyclic) bond motifs is 1. The molecule has 1 aromatic heterocycles. The number of nitrogens with zero attached hydrogens (tertiary/aromatic N) is 1. The molecule has 3 aromatic rings. The molecule has 0 saturated carbocycles. The van der Waals surface area contributed by atoms with Gasteiger partial charge in [-0.3, -0.25) is 4.98 Å². The highest BCUT2D eigenvalue weighted by atomic mass is 19.2. The highest BCUT2D eigenvalue weighted by Gasteiger charge is 2.07. The summed E-state index contributed by atoms with van der Waals surface area (Å²) in [5.41, 5.74) is 8.41. The van der Waals surface area contributed by atoms with Crippen molar-refractivity contribution in [2.45, 2.75) is 0 Å². The SMILES string of the molecule is Nc1c(Nc2ccc(F)c(F)c2)ccc2ncccc12. The van der Waals surface area contributed by atoms with Gasteiger partial charge in [-0.2, -0.15) is 0 Å². The molecule has 100 valence electrons. The van der Waals surface area contributed by atoms with Gasteiger partial charge in [0.05, 0.1) is 16.9 Å². The van der Waals surface area contributed by atoms with E-state index in [-0.39, 0.29) is 0 Å². The van der Waals surface area contributed by atoms with Gasteiger partial charge in [-0.25, -0.2) is 8.78 Å². The number of rotatable bonds is 2. The Morgan fingerprint density at radius 3 is 2.65 bits per heavy atom. The minimum Gasteiger partial charge on any atom is -0.396 e. The highest BCUT2D eigenvalue weighted by Crippen LogP contribution is 2.30. The van der Waals surface area contributed by atoms with E-state index in [1.165, 1.54) is 6.07 Å². The fourth-order valence-electron chi connectivity index (χ4n) is 2.01. The normalized spacial score (nSPS) is 10.7. The van der Waals surface area contributed by atoms with Crippen LogP contribution in [-0.4, -0.2) is 4.98 Å².